The molecule has 0 amide bonds. The molecule has 4 fully saturated rings. The highest BCUT2D eigenvalue weighted by molar-refractivity contribution is 5.84. The molecule has 5 rings (SSSR count). The Kier molecular flexibility index (Phi) is 5.55. The lowest BCUT2D eigenvalue weighted by molar-refractivity contribution is -0.122. The van der Waals surface area contributed by atoms with Gasteiger partial charge in [-0.3, -0.25) is 14.7 Å². The quantitative estimate of drug-likeness (QED) is 0.777. The average Bonchev–Trinajstić information content (AvgIpc) is 2.54. The van der Waals surface area contributed by atoms with Crippen LogP contribution in [0.2, 0.25) is 0 Å². The molecule has 0 saturated heterocycles. The summed E-state index contributed by atoms with van der Waals surface area (Å²) in [5.41, 5.74) is 1.39. The zero-order valence-electron chi connectivity index (χ0n) is 15.2. The molecule has 1 heterocycles. The van der Waals surface area contributed by atoms with Crippen LogP contribution in [0.25, 0.3) is 0 Å². The maximum atomic E-state index is 10.8. The van der Waals surface area contributed by atoms with E-state index < -0.39 is 5.97 Å². The van der Waals surface area contributed by atoms with Crippen LogP contribution in [0.5, 0.6) is 0 Å². The summed E-state index contributed by atoms with van der Waals surface area (Å²) in [6.07, 6.45) is 11.6. The van der Waals surface area contributed by atoms with Crippen molar-refractivity contribution in [1.29, 1.82) is 0 Å². The summed E-state index contributed by atoms with van der Waals surface area (Å²) >= 11 is 0. The van der Waals surface area contributed by atoms with Crippen molar-refractivity contribution < 1.29 is 19.8 Å². The van der Waals surface area contributed by atoms with Gasteiger partial charge < -0.3 is 10.2 Å². The lowest BCUT2D eigenvalue weighted by atomic mass is 9.49. The van der Waals surface area contributed by atoms with Crippen LogP contribution in [-0.4, -0.2) is 51.1 Å². The monoisotopic (exact) mass is 361 g/mol. The van der Waals surface area contributed by atoms with Crippen LogP contribution >= 0.6 is 0 Å². The number of hydrogen-bond donors (Lipinski definition) is 2. The first-order valence-electron chi connectivity index (χ1n) is 9.23. The van der Waals surface area contributed by atoms with E-state index in [1.54, 1.807) is 6.20 Å². The van der Waals surface area contributed by atoms with Gasteiger partial charge in [-0.15, -0.1) is 0 Å². The van der Waals surface area contributed by atoms with E-state index in [1.807, 2.05) is 0 Å². The predicted octanol–water partition coefficient (Wildman–Crippen LogP) is 2.52. The molecule has 2 N–H and O–H groups in total. The Hall–Kier alpha value is -2.02. The van der Waals surface area contributed by atoms with Gasteiger partial charge in [0.2, 0.25) is 0 Å². The minimum atomic E-state index is -1.02. The molecule has 4 aliphatic carbocycles. The Morgan fingerprint density at radius 3 is 2.15 bits per heavy atom. The fraction of sp³-hybridized carbons (Fsp3) is 0.684. The zero-order valence-corrected chi connectivity index (χ0v) is 15.2. The van der Waals surface area contributed by atoms with Crippen molar-refractivity contribution >= 4 is 12.4 Å². The Morgan fingerprint density at radius 1 is 1.19 bits per heavy atom. The van der Waals surface area contributed by atoms with Gasteiger partial charge >= 0.3 is 5.97 Å². The largest absolute Gasteiger partial charge is 0.483 e. The van der Waals surface area contributed by atoms with E-state index in [9.17, 15) is 4.79 Å². The normalized spacial score (nSPS) is 31.4. The Balaban J connectivity index is 0.000000613. The molecule has 0 unspecified atom stereocenters. The van der Waals surface area contributed by atoms with Gasteiger partial charge in [-0.2, -0.15) is 0 Å². The third-order valence-corrected chi connectivity index (χ3v) is 6.13. The van der Waals surface area contributed by atoms with E-state index in [0.29, 0.717) is 5.41 Å². The second-order valence-electron chi connectivity index (χ2n) is 8.39. The molecule has 1 aromatic rings. The number of aromatic nitrogens is 2. The minimum Gasteiger partial charge on any atom is -0.483 e. The van der Waals surface area contributed by atoms with E-state index in [4.69, 9.17) is 15.0 Å². The molecule has 4 bridgehead atoms. The molecule has 4 saturated carbocycles. The first-order chi connectivity index (χ1) is 12.4. The van der Waals surface area contributed by atoms with Crippen LogP contribution in [0, 0.1) is 23.2 Å². The Morgan fingerprint density at radius 2 is 1.73 bits per heavy atom. The summed E-state index contributed by atoms with van der Waals surface area (Å²) < 4.78 is 0. The van der Waals surface area contributed by atoms with E-state index >= 15 is 0 Å². The smallest absolute Gasteiger partial charge is 0.356 e. The highest BCUT2D eigenvalue weighted by Crippen LogP contribution is 2.60. The molecule has 7 nitrogen and oxygen atoms in total. The molecule has 0 aliphatic heterocycles. The highest BCUT2D eigenvalue weighted by Gasteiger charge is 2.50. The third kappa shape index (κ3) is 4.20. The maximum absolute atomic E-state index is 10.8. The van der Waals surface area contributed by atoms with Gasteiger partial charge in [0.05, 0.1) is 18.1 Å². The van der Waals surface area contributed by atoms with Crippen molar-refractivity contribution in [2.24, 2.45) is 23.2 Å². The van der Waals surface area contributed by atoms with Crippen LogP contribution in [-0.2, 0) is 11.3 Å². The van der Waals surface area contributed by atoms with Crippen LogP contribution < -0.4 is 0 Å². The number of carboxylic acids is 1. The van der Waals surface area contributed by atoms with Crippen LogP contribution in [0.1, 0.15) is 54.7 Å². The van der Waals surface area contributed by atoms with Crippen molar-refractivity contribution in [3.8, 4) is 0 Å². The average molecular weight is 361 g/mol. The molecule has 26 heavy (non-hydrogen) atoms. The molecule has 0 atom stereocenters. The second-order valence-corrected chi connectivity index (χ2v) is 8.39. The van der Waals surface area contributed by atoms with E-state index in [0.717, 1.165) is 36.5 Å². The van der Waals surface area contributed by atoms with E-state index in [2.05, 4.69) is 21.9 Å². The van der Waals surface area contributed by atoms with Gasteiger partial charge in [0.15, 0.2) is 5.69 Å². The van der Waals surface area contributed by atoms with Gasteiger partial charge in [-0.1, -0.05) is 0 Å². The first kappa shape index (κ1) is 18.8. The molecular formula is C19H27N3O4. The summed E-state index contributed by atoms with van der Waals surface area (Å²) in [6.45, 7) is 1.63. The van der Waals surface area contributed by atoms with Gasteiger partial charge in [0.1, 0.15) is 0 Å². The summed E-state index contributed by atoms with van der Waals surface area (Å²) in [5.74, 6) is 1.91. The van der Waals surface area contributed by atoms with E-state index in [1.165, 1.54) is 44.7 Å². The fourth-order valence-corrected chi connectivity index (χ4v) is 5.94. The van der Waals surface area contributed by atoms with Crippen LogP contribution in [0.15, 0.2) is 12.4 Å². The van der Waals surface area contributed by atoms with Gasteiger partial charge in [0.25, 0.3) is 6.47 Å². The second kappa shape index (κ2) is 7.70. The standard InChI is InChI=1S/C18H25N3O2.CH2O2/c1-21(10-15-8-20-16(9-19-15)17(22)23)11-18-5-12-2-13(6-18)4-14(3-12)7-18;2-1-3/h8-9,12-14H,2-7,10-11H2,1H3,(H,22,23);1H,(H,2,3). The number of aromatic carboxylic acids is 1. The number of carboxylic acid groups (broad SMARTS) is 2. The molecule has 142 valence electrons. The maximum Gasteiger partial charge on any atom is 0.356 e. The molecular weight excluding hydrogens is 334 g/mol. The SMILES string of the molecule is CN(Cc1cnc(C(=O)O)cn1)CC12CC3CC(CC(C3)C1)C2.O=CO. The lowest BCUT2D eigenvalue weighted by Gasteiger charge is -2.57. The van der Waals surface area contributed by atoms with Crippen molar-refractivity contribution in [3.63, 3.8) is 0 Å². The minimum absolute atomic E-state index is 0.0116. The molecule has 4 aliphatic rings. The summed E-state index contributed by atoms with van der Waals surface area (Å²) in [6, 6.07) is 0. The zero-order chi connectivity index (χ0) is 18.7. The summed E-state index contributed by atoms with van der Waals surface area (Å²) in [5, 5.41) is 15.8. The first-order valence-corrected chi connectivity index (χ1v) is 9.23. The molecule has 0 spiro atoms. The topological polar surface area (TPSA) is 104 Å². The van der Waals surface area contributed by atoms with Crippen molar-refractivity contribution in [2.45, 2.75) is 45.1 Å². The summed E-state index contributed by atoms with van der Waals surface area (Å²) in [7, 11) is 2.16. The van der Waals surface area contributed by atoms with Gasteiger partial charge in [-0.25, -0.2) is 9.78 Å². The molecule has 1 aromatic heterocycles. The van der Waals surface area contributed by atoms with Crippen LogP contribution in [0.3, 0.4) is 0 Å². The molecule has 7 heteroatoms. The van der Waals surface area contributed by atoms with Gasteiger partial charge in [0, 0.05) is 13.1 Å². The lowest BCUT2D eigenvalue weighted by Crippen LogP contribution is -2.50. The number of rotatable bonds is 5. The van der Waals surface area contributed by atoms with Gasteiger partial charge in [-0.05, 0) is 68.7 Å². The highest BCUT2D eigenvalue weighted by atomic mass is 16.4. The predicted molar refractivity (Wildman–Crippen MR) is 94.6 cm³/mol. The fourth-order valence-electron chi connectivity index (χ4n) is 5.94. The van der Waals surface area contributed by atoms with E-state index in [-0.39, 0.29) is 12.2 Å². The van der Waals surface area contributed by atoms with Crippen molar-refractivity contribution in [3.05, 3.63) is 23.8 Å². The third-order valence-electron chi connectivity index (χ3n) is 6.13. The van der Waals surface area contributed by atoms with Crippen molar-refractivity contribution in [2.75, 3.05) is 13.6 Å². The van der Waals surface area contributed by atoms with Crippen LogP contribution in [0.4, 0.5) is 0 Å². The summed E-state index contributed by atoms with van der Waals surface area (Å²) in [4.78, 5) is 29.8. The van der Waals surface area contributed by atoms with Crippen molar-refractivity contribution in [1.82, 2.24) is 14.9 Å². The molecule has 0 radical (unpaired) electrons. The number of carbonyl (C=O) groups is 2. The number of nitrogens with zero attached hydrogens (tertiary/aromatic N) is 3. The Bertz CT molecular complexity index is 611. The Labute approximate surface area is 153 Å². The molecule has 0 aromatic carbocycles. The number of hydrogen-bond acceptors (Lipinski definition) is 5.